The number of rotatable bonds is 4. The maximum absolute atomic E-state index is 11.9. The average Bonchev–Trinajstić information content (AvgIpc) is 2.48. The first-order chi connectivity index (χ1) is 9.58. The largest absolute Gasteiger partial charge is 0.508 e. The first kappa shape index (κ1) is 14.1. The van der Waals surface area contributed by atoms with Crippen molar-refractivity contribution in [2.45, 2.75) is 13.0 Å². The lowest BCUT2D eigenvalue weighted by atomic mass is 10.1. The van der Waals surface area contributed by atoms with Crippen molar-refractivity contribution in [1.29, 1.82) is 0 Å². The molecule has 0 aromatic heterocycles. The van der Waals surface area contributed by atoms with E-state index in [1.807, 2.05) is 18.2 Å². The molecule has 104 valence electrons. The Morgan fingerprint density at radius 3 is 2.55 bits per heavy atom. The molecule has 0 heterocycles. The molecule has 0 saturated heterocycles. The molecule has 0 aliphatic carbocycles. The van der Waals surface area contributed by atoms with E-state index in [-0.39, 0.29) is 18.2 Å². The summed E-state index contributed by atoms with van der Waals surface area (Å²) in [6.45, 7) is 1.88. The van der Waals surface area contributed by atoms with Gasteiger partial charge in [0, 0.05) is 12.1 Å². The van der Waals surface area contributed by atoms with Gasteiger partial charge in [-0.25, -0.2) is 0 Å². The molecule has 3 N–H and O–H groups in total. The number of nitrogens with one attached hydrogen (secondary N) is 1. The number of phenols is 1. The fraction of sp³-hybridized carbons (Fsp3) is 0.188. The number of carbonyl (C=O) groups is 1. The minimum Gasteiger partial charge on any atom is -0.508 e. The second-order valence-electron chi connectivity index (χ2n) is 4.64. The molecular weight excluding hydrogens is 254 g/mol. The Bertz CT molecular complexity index is 596. The van der Waals surface area contributed by atoms with Crippen LogP contribution in [0.15, 0.2) is 48.5 Å². The third kappa shape index (κ3) is 3.36. The predicted molar refractivity (Wildman–Crippen MR) is 76.6 cm³/mol. The molecule has 0 radical (unpaired) electrons. The number of aliphatic hydroxyl groups excluding tert-OH is 1. The normalized spacial score (nSPS) is 11.9. The third-order valence-electron chi connectivity index (χ3n) is 3.11. The topological polar surface area (TPSA) is 69.6 Å². The lowest BCUT2D eigenvalue weighted by Crippen LogP contribution is -2.28. The molecule has 4 nitrogen and oxygen atoms in total. The van der Waals surface area contributed by atoms with Gasteiger partial charge in [-0.05, 0) is 30.2 Å². The van der Waals surface area contributed by atoms with E-state index in [1.54, 1.807) is 31.2 Å². The van der Waals surface area contributed by atoms with Crippen LogP contribution in [0.2, 0.25) is 0 Å². The zero-order valence-corrected chi connectivity index (χ0v) is 11.2. The van der Waals surface area contributed by atoms with Gasteiger partial charge in [-0.15, -0.1) is 0 Å². The van der Waals surface area contributed by atoms with Crippen LogP contribution in [0.25, 0.3) is 0 Å². The summed E-state index contributed by atoms with van der Waals surface area (Å²) >= 11 is 0. The SMILES string of the molecule is Cc1ccc(C(=O)NCC(O)c2ccccc2)cc1O. The van der Waals surface area contributed by atoms with E-state index in [9.17, 15) is 15.0 Å². The van der Waals surface area contributed by atoms with Crippen molar-refractivity contribution in [3.05, 3.63) is 65.2 Å². The number of amides is 1. The van der Waals surface area contributed by atoms with Gasteiger partial charge in [0.25, 0.3) is 5.91 Å². The molecule has 4 heteroatoms. The third-order valence-corrected chi connectivity index (χ3v) is 3.11. The van der Waals surface area contributed by atoms with Crippen LogP contribution < -0.4 is 5.32 Å². The smallest absolute Gasteiger partial charge is 0.251 e. The number of aryl methyl sites for hydroxylation is 1. The average molecular weight is 271 g/mol. The van der Waals surface area contributed by atoms with E-state index in [0.717, 1.165) is 5.56 Å². The van der Waals surface area contributed by atoms with E-state index >= 15 is 0 Å². The van der Waals surface area contributed by atoms with Crippen molar-refractivity contribution in [3.8, 4) is 5.75 Å². The van der Waals surface area contributed by atoms with Gasteiger partial charge in [-0.3, -0.25) is 4.79 Å². The highest BCUT2D eigenvalue weighted by Crippen LogP contribution is 2.17. The predicted octanol–water partition coefficient (Wildman–Crippen LogP) is 2.16. The molecule has 2 rings (SSSR count). The van der Waals surface area contributed by atoms with Crippen molar-refractivity contribution in [3.63, 3.8) is 0 Å². The maximum atomic E-state index is 11.9. The van der Waals surface area contributed by atoms with Crippen LogP contribution in [0.5, 0.6) is 5.75 Å². The zero-order chi connectivity index (χ0) is 14.5. The van der Waals surface area contributed by atoms with Gasteiger partial charge in [0.15, 0.2) is 0 Å². The maximum Gasteiger partial charge on any atom is 0.251 e. The molecule has 0 spiro atoms. The Hall–Kier alpha value is -2.33. The van der Waals surface area contributed by atoms with Gasteiger partial charge in [0.1, 0.15) is 5.75 Å². The minimum absolute atomic E-state index is 0.0845. The molecule has 1 amide bonds. The van der Waals surface area contributed by atoms with Crippen LogP contribution in [-0.2, 0) is 0 Å². The molecule has 1 atom stereocenters. The fourth-order valence-electron chi connectivity index (χ4n) is 1.84. The van der Waals surface area contributed by atoms with Gasteiger partial charge >= 0.3 is 0 Å². The van der Waals surface area contributed by atoms with Gasteiger partial charge in [0.2, 0.25) is 0 Å². The number of carbonyl (C=O) groups excluding carboxylic acids is 1. The molecule has 20 heavy (non-hydrogen) atoms. The molecule has 0 bridgehead atoms. The first-order valence-corrected chi connectivity index (χ1v) is 6.39. The molecular formula is C16H17NO3. The number of benzene rings is 2. The van der Waals surface area contributed by atoms with Gasteiger partial charge in [-0.1, -0.05) is 36.4 Å². The Kier molecular flexibility index (Phi) is 4.38. The Morgan fingerprint density at radius 2 is 1.90 bits per heavy atom. The fourth-order valence-corrected chi connectivity index (χ4v) is 1.84. The second kappa shape index (κ2) is 6.21. The summed E-state index contributed by atoms with van der Waals surface area (Å²) in [7, 11) is 0. The summed E-state index contributed by atoms with van der Waals surface area (Å²) in [5.74, 6) is -0.239. The zero-order valence-electron chi connectivity index (χ0n) is 11.2. The number of phenolic OH excluding ortho intramolecular Hbond substituents is 1. The molecule has 2 aromatic carbocycles. The highest BCUT2D eigenvalue weighted by molar-refractivity contribution is 5.94. The molecule has 1 unspecified atom stereocenters. The van der Waals surface area contributed by atoms with Crippen LogP contribution in [0.3, 0.4) is 0 Å². The Balaban J connectivity index is 1.97. The van der Waals surface area contributed by atoms with E-state index in [4.69, 9.17) is 0 Å². The number of hydrogen-bond donors (Lipinski definition) is 3. The summed E-state index contributed by atoms with van der Waals surface area (Å²) in [5, 5.41) is 22.2. The van der Waals surface area contributed by atoms with Crippen LogP contribution in [0, 0.1) is 6.92 Å². The van der Waals surface area contributed by atoms with Crippen LogP contribution in [0.1, 0.15) is 27.6 Å². The Labute approximate surface area is 117 Å². The van der Waals surface area contributed by atoms with E-state index in [0.29, 0.717) is 11.1 Å². The molecule has 0 aliphatic rings. The summed E-state index contributed by atoms with van der Waals surface area (Å²) in [4.78, 5) is 11.9. The lowest BCUT2D eigenvalue weighted by Gasteiger charge is -2.12. The summed E-state index contributed by atoms with van der Waals surface area (Å²) < 4.78 is 0. The van der Waals surface area contributed by atoms with Crippen LogP contribution >= 0.6 is 0 Å². The molecule has 0 aliphatic heterocycles. The van der Waals surface area contributed by atoms with Crippen LogP contribution in [0.4, 0.5) is 0 Å². The number of hydrogen-bond acceptors (Lipinski definition) is 3. The molecule has 2 aromatic rings. The quantitative estimate of drug-likeness (QED) is 0.798. The Morgan fingerprint density at radius 1 is 1.20 bits per heavy atom. The standard InChI is InChI=1S/C16H17NO3/c1-11-7-8-13(9-14(11)18)16(20)17-10-15(19)12-5-3-2-4-6-12/h2-9,15,18-19H,10H2,1H3,(H,17,20). The van der Waals surface area contributed by atoms with E-state index < -0.39 is 6.10 Å². The second-order valence-corrected chi connectivity index (χ2v) is 4.64. The highest BCUT2D eigenvalue weighted by atomic mass is 16.3. The summed E-state index contributed by atoms with van der Waals surface area (Å²) in [6.07, 6.45) is -0.751. The monoisotopic (exact) mass is 271 g/mol. The lowest BCUT2D eigenvalue weighted by molar-refractivity contribution is 0.0916. The van der Waals surface area contributed by atoms with Crippen molar-refractivity contribution in [2.24, 2.45) is 0 Å². The van der Waals surface area contributed by atoms with Crippen molar-refractivity contribution < 1.29 is 15.0 Å². The van der Waals surface area contributed by atoms with Crippen LogP contribution in [-0.4, -0.2) is 22.7 Å². The van der Waals surface area contributed by atoms with E-state index in [2.05, 4.69) is 5.32 Å². The van der Waals surface area contributed by atoms with Gasteiger partial charge in [0.05, 0.1) is 6.10 Å². The number of aromatic hydroxyl groups is 1. The highest BCUT2D eigenvalue weighted by Gasteiger charge is 2.11. The van der Waals surface area contributed by atoms with Crippen molar-refractivity contribution in [2.75, 3.05) is 6.54 Å². The first-order valence-electron chi connectivity index (χ1n) is 6.39. The molecule has 0 fully saturated rings. The van der Waals surface area contributed by atoms with Gasteiger partial charge < -0.3 is 15.5 Å². The summed E-state index contributed by atoms with van der Waals surface area (Å²) in [6, 6.07) is 13.9. The van der Waals surface area contributed by atoms with Crippen molar-refractivity contribution in [1.82, 2.24) is 5.32 Å². The summed E-state index contributed by atoms with van der Waals surface area (Å²) in [5.41, 5.74) is 1.83. The van der Waals surface area contributed by atoms with E-state index in [1.165, 1.54) is 6.07 Å². The molecule has 0 saturated carbocycles. The van der Waals surface area contributed by atoms with Gasteiger partial charge in [-0.2, -0.15) is 0 Å². The van der Waals surface area contributed by atoms with Crippen molar-refractivity contribution >= 4 is 5.91 Å². The minimum atomic E-state index is -0.751. The number of aliphatic hydroxyl groups is 1.